The quantitative estimate of drug-likeness (QED) is 0.836. The standard InChI is InChI=1S/C15H21FN2O/c1-12(2)11-17-7-9-18(10-8-17)15(19)13-5-3-4-6-14(13)16/h3-6,12H,7-11H2,1-2H3. The molecule has 0 N–H and O–H groups in total. The van der Waals surface area contributed by atoms with E-state index in [0.717, 1.165) is 19.6 Å². The summed E-state index contributed by atoms with van der Waals surface area (Å²) in [5.41, 5.74) is 0.180. The van der Waals surface area contributed by atoms with Crippen LogP contribution >= 0.6 is 0 Å². The van der Waals surface area contributed by atoms with Crippen LogP contribution in [0.5, 0.6) is 0 Å². The third kappa shape index (κ3) is 3.53. The second-order valence-electron chi connectivity index (χ2n) is 5.47. The van der Waals surface area contributed by atoms with Gasteiger partial charge >= 0.3 is 0 Å². The minimum atomic E-state index is -0.433. The zero-order chi connectivity index (χ0) is 13.8. The molecule has 1 saturated heterocycles. The van der Waals surface area contributed by atoms with Crippen molar-refractivity contribution in [1.82, 2.24) is 9.80 Å². The van der Waals surface area contributed by atoms with Gasteiger partial charge in [-0.05, 0) is 18.1 Å². The maximum atomic E-state index is 13.6. The SMILES string of the molecule is CC(C)CN1CCN(C(=O)c2ccccc2F)CC1. The fourth-order valence-corrected chi connectivity index (χ4v) is 2.45. The van der Waals surface area contributed by atoms with E-state index < -0.39 is 5.82 Å². The molecule has 0 saturated carbocycles. The van der Waals surface area contributed by atoms with Crippen molar-refractivity contribution in [3.63, 3.8) is 0 Å². The van der Waals surface area contributed by atoms with E-state index in [-0.39, 0.29) is 11.5 Å². The van der Waals surface area contributed by atoms with Gasteiger partial charge in [-0.3, -0.25) is 9.69 Å². The lowest BCUT2D eigenvalue weighted by molar-refractivity contribution is 0.0619. The van der Waals surface area contributed by atoms with Crippen LogP contribution in [0.2, 0.25) is 0 Å². The lowest BCUT2D eigenvalue weighted by Gasteiger charge is -2.35. The van der Waals surface area contributed by atoms with Crippen LogP contribution in [-0.4, -0.2) is 48.4 Å². The Morgan fingerprint density at radius 2 is 1.84 bits per heavy atom. The summed E-state index contributed by atoms with van der Waals surface area (Å²) in [5, 5.41) is 0. The van der Waals surface area contributed by atoms with Crippen molar-refractivity contribution in [2.24, 2.45) is 5.92 Å². The Hall–Kier alpha value is -1.42. The van der Waals surface area contributed by atoms with Crippen molar-refractivity contribution >= 4 is 5.91 Å². The van der Waals surface area contributed by atoms with Crippen molar-refractivity contribution in [3.8, 4) is 0 Å². The van der Waals surface area contributed by atoms with E-state index in [1.165, 1.54) is 6.07 Å². The van der Waals surface area contributed by atoms with Crippen molar-refractivity contribution < 1.29 is 9.18 Å². The second kappa shape index (κ2) is 6.15. The molecule has 2 rings (SSSR count). The molecule has 0 unspecified atom stereocenters. The minimum Gasteiger partial charge on any atom is -0.336 e. The van der Waals surface area contributed by atoms with Gasteiger partial charge in [0.1, 0.15) is 5.82 Å². The Labute approximate surface area is 114 Å². The van der Waals surface area contributed by atoms with Crippen LogP contribution in [0, 0.1) is 11.7 Å². The summed E-state index contributed by atoms with van der Waals surface area (Å²) in [4.78, 5) is 16.3. The van der Waals surface area contributed by atoms with Crippen LogP contribution < -0.4 is 0 Å². The van der Waals surface area contributed by atoms with Crippen molar-refractivity contribution in [3.05, 3.63) is 35.6 Å². The highest BCUT2D eigenvalue weighted by atomic mass is 19.1. The summed E-state index contributed by atoms with van der Waals surface area (Å²) < 4.78 is 13.6. The van der Waals surface area contributed by atoms with E-state index in [0.29, 0.717) is 19.0 Å². The predicted octanol–water partition coefficient (Wildman–Crippen LogP) is 2.24. The molecule has 1 fully saturated rings. The first-order valence-electron chi connectivity index (χ1n) is 6.84. The normalized spacial score (nSPS) is 16.9. The zero-order valence-corrected chi connectivity index (χ0v) is 11.6. The van der Waals surface area contributed by atoms with E-state index in [1.807, 2.05) is 0 Å². The summed E-state index contributed by atoms with van der Waals surface area (Å²) in [7, 11) is 0. The van der Waals surface area contributed by atoms with Crippen LogP contribution in [0.3, 0.4) is 0 Å². The summed E-state index contributed by atoms with van der Waals surface area (Å²) in [6, 6.07) is 6.19. The number of hydrogen-bond acceptors (Lipinski definition) is 2. The number of benzene rings is 1. The molecule has 0 atom stereocenters. The number of piperazine rings is 1. The molecule has 19 heavy (non-hydrogen) atoms. The van der Waals surface area contributed by atoms with Crippen molar-refractivity contribution in [1.29, 1.82) is 0 Å². The van der Waals surface area contributed by atoms with Crippen molar-refractivity contribution in [2.75, 3.05) is 32.7 Å². The monoisotopic (exact) mass is 264 g/mol. The summed E-state index contributed by atoms with van der Waals surface area (Å²) >= 11 is 0. The van der Waals surface area contributed by atoms with E-state index in [4.69, 9.17) is 0 Å². The van der Waals surface area contributed by atoms with Crippen LogP contribution in [0.25, 0.3) is 0 Å². The fourth-order valence-electron chi connectivity index (χ4n) is 2.45. The number of halogens is 1. The highest BCUT2D eigenvalue weighted by molar-refractivity contribution is 5.94. The molecule has 4 heteroatoms. The summed E-state index contributed by atoms with van der Waals surface area (Å²) in [6.07, 6.45) is 0. The Bertz CT molecular complexity index is 440. The molecule has 1 heterocycles. The van der Waals surface area contributed by atoms with Crippen LogP contribution in [-0.2, 0) is 0 Å². The first kappa shape index (κ1) is 14.0. The van der Waals surface area contributed by atoms with Gasteiger partial charge in [-0.2, -0.15) is 0 Å². The molecule has 1 amide bonds. The predicted molar refractivity (Wildman–Crippen MR) is 73.6 cm³/mol. The Kier molecular flexibility index (Phi) is 4.53. The molecule has 104 valence electrons. The molecule has 1 aromatic rings. The van der Waals surface area contributed by atoms with E-state index in [2.05, 4.69) is 18.7 Å². The molecule has 0 aromatic heterocycles. The van der Waals surface area contributed by atoms with E-state index in [9.17, 15) is 9.18 Å². The van der Waals surface area contributed by atoms with Gasteiger partial charge < -0.3 is 4.90 Å². The third-order valence-corrected chi connectivity index (χ3v) is 3.39. The molecule has 0 bridgehead atoms. The first-order valence-corrected chi connectivity index (χ1v) is 6.84. The Morgan fingerprint density at radius 3 is 2.42 bits per heavy atom. The van der Waals surface area contributed by atoms with Gasteiger partial charge in [0.25, 0.3) is 5.91 Å². The van der Waals surface area contributed by atoms with Gasteiger partial charge in [0.15, 0.2) is 0 Å². The molecule has 1 aliphatic rings. The topological polar surface area (TPSA) is 23.6 Å². The second-order valence-corrected chi connectivity index (χ2v) is 5.47. The molecule has 1 aliphatic heterocycles. The van der Waals surface area contributed by atoms with Gasteiger partial charge in [-0.1, -0.05) is 26.0 Å². The number of rotatable bonds is 3. The molecule has 1 aromatic carbocycles. The Morgan fingerprint density at radius 1 is 1.21 bits per heavy atom. The largest absolute Gasteiger partial charge is 0.336 e. The number of nitrogens with zero attached hydrogens (tertiary/aromatic N) is 2. The minimum absolute atomic E-state index is 0.180. The third-order valence-electron chi connectivity index (χ3n) is 3.39. The average Bonchev–Trinajstić information content (AvgIpc) is 2.39. The summed E-state index contributed by atoms with van der Waals surface area (Å²) in [6.45, 7) is 8.55. The lowest BCUT2D eigenvalue weighted by Crippen LogP contribution is -2.49. The molecular weight excluding hydrogens is 243 g/mol. The van der Waals surface area contributed by atoms with Gasteiger partial charge in [-0.15, -0.1) is 0 Å². The molecular formula is C15H21FN2O. The maximum Gasteiger partial charge on any atom is 0.256 e. The number of hydrogen-bond donors (Lipinski definition) is 0. The fraction of sp³-hybridized carbons (Fsp3) is 0.533. The lowest BCUT2D eigenvalue weighted by atomic mass is 10.1. The average molecular weight is 264 g/mol. The van der Waals surface area contributed by atoms with Crippen LogP contribution in [0.15, 0.2) is 24.3 Å². The van der Waals surface area contributed by atoms with Crippen molar-refractivity contribution in [2.45, 2.75) is 13.8 Å². The molecule has 0 radical (unpaired) electrons. The van der Waals surface area contributed by atoms with Gasteiger partial charge in [-0.25, -0.2) is 4.39 Å². The molecule has 3 nitrogen and oxygen atoms in total. The first-order chi connectivity index (χ1) is 9.08. The maximum absolute atomic E-state index is 13.6. The van der Waals surface area contributed by atoms with Gasteiger partial charge in [0.05, 0.1) is 5.56 Å². The highest BCUT2D eigenvalue weighted by Crippen LogP contribution is 2.12. The number of amides is 1. The summed E-state index contributed by atoms with van der Waals surface area (Å²) in [5.74, 6) is 0.00762. The zero-order valence-electron chi connectivity index (χ0n) is 11.6. The number of carbonyl (C=O) groups excluding carboxylic acids is 1. The molecule has 0 spiro atoms. The number of carbonyl (C=O) groups is 1. The van der Waals surface area contributed by atoms with Gasteiger partial charge in [0.2, 0.25) is 0 Å². The van der Waals surface area contributed by atoms with Crippen LogP contribution in [0.1, 0.15) is 24.2 Å². The highest BCUT2D eigenvalue weighted by Gasteiger charge is 2.23. The molecule has 0 aliphatic carbocycles. The van der Waals surface area contributed by atoms with E-state index >= 15 is 0 Å². The van der Waals surface area contributed by atoms with E-state index in [1.54, 1.807) is 23.1 Å². The van der Waals surface area contributed by atoms with Gasteiger partial charge in [0, 0.05) is 32.7 Å². The Balaban J connectivity index is 1.95. The smallest absolute Gasteiger partial charge is 0.256 e. The van der Waals surface area contributed by atoms with Crippen LogP contribution in [0.4, 0.5) is 4.39 Å².